The van der Waals surface area contributed by atoms with Crippen LogP contribution in [0, 0.1) is 12.7 Å². The molecule has 0 N–H and O–H groups in total. The molecule has 4 rings (SSSR count). The molecule has 1 amide bonds. The van der Waals surface area contributed by atoms with Crippen LogP contribution >= 0.6 is 0 Å². The Morgan fingerprint density at radius 2 is 1.73 bits per heavy atom. The molecular weight excluding hydrogens is 419 g/mol. The molecule has 2 aromatic carbocycles. The molecule has 2 aromatic rings. The van der Waals surface area contributed by atoms with Gasteiger partial charge in [-0.1, -0.05) is 42.0 Å². The van der Waals surface area contributed by atoms with Crippen molar-refractivity contribution >= 4 is 5.91 Å². The molecule has 33 heavy (non-hydrogen) atoms. The number of piperidine rings is 1. The fourth-order valence-electron chi connectivity index (χ4n) is 4.67. The fraction of sp³-hybridized carbons (Fsp3) is 0.519. The Labute approximate surface area is 196 Å². The third-order valence-corrected chi connectivity index (χ3v) is 6.71. The van der Waals surface area contributed by atoms with Crippen LogP contribution in [0.2, 0.25) is 0 Å². The van der Waals surface area contributed by atoms with Crippen LogP contribution in [0.15, 0.2) is 48.5 Å². The van der Waals surface area contributed by atoms with E-state index in [1.54, 1.807) is 12.1 Å². The summed E-state index contributed by atoms with van der Waals surface area (Å²) in [6.07, 6.45) is 3.46. The zero-order chi connectivity index (χ0) is 23.0. The summed E-state index contributed by atoms with van der Waals surface area (Å²) >= 11 is 0. The summed E-state index contributed by atoms with van der Waals surface area (Å²) in [7, 11) is 0. The van der Waals surface area contributed by atoms with Crippen molar-refractivity contribution in [2.45, 2.75) is 51.3 Å². The molecule has 1 atom stereocenters. The van der Waals surface area contributed by atoms with Crippen LogP contribution in [-0.4, -0.2) is 67.3 Å². The number of benzene rings is 2. The summed E-state index contributed by atoms with van der Waals surface area (Å²) < 4.78 is 24.7. The van der Waals surface area contributed by atoms with E-state index in [-0.39, 0.29) is 23.9 Å². The summed E-state index contributed by atoms with van der Waals surface area (Å²) in [5, 5.41) is 0. The predicted molar refractivity (Wildman–Crippen MR) is 126 cm³/mol. The maximum atomic E-state index is 13.4. The van der Waals surface area contributed by atoms with Crippen LogP contribution in [0.3, 0.4) is 0 Å². The van der Waals surface area contributed by atoms with Gasteiger partial charge in [-0.25, -0.2) is 4.39 Å². The van der Waals surface area contributed by atoms with Gasteiger partial charge in [0.25, 0.3) is 0 Å². The molecule has 0 aliphatic carbocycles. The fourth-order valence-corrected chi connectivity index (χ4v) is 4.67. The lowest BCUT2D eigenvalue weighted by molar-refractivity contribution is -0.134. The number of carbonyl (C=O) groups excluding carboxylic acids is 1. The molecule has 6 heteroatoms. The number of likely N-dealkylation sites (tertiary alicyclic amines) is 1. The highest BCUT2D eigenvalue weighted by Crippen LogP contribution is 2.22. The largest absolute Gasteiger partial charge is 0.376 e. The van der Waals surface area contributed by atoms with Crippen LogP contribution < -0.4 is 0 Å². The molecule has 0 saturated carbocycles. The van der Waals surface area contributed by atoms with E-state index in [1.807, 2.05) is 36.1 Å². The average Bonchev–Trinajstić information content (AvgIpc) is 2.85. The highest BCUT2D eigenvalue weighted by Gasteiger charge is 2.28. The third-order valence-electron chi connectivity index (χ3n) is 6.71. The van der Waals surface area contributed by atoms with Crippen molar-refractivity contribution in [3.8, 4) is 0 Å². The first-order valence-corrected chi connectivity index (χ1v) is 12.1. The van der Waals surface area contributed by atoms with E-state index < -0.39 is 0 Å². The van der Waals surface area contributed by atoms with Gasteiger partial charge in [0.1, 0.15) is 5.82 Å². The van der Waals surface area contributed by atoms with Crippen molar-refractivity contribution in [3.05, 3.63) is 71.0 Å². The number of carbonyl (C=O) groups is 1. The number of halogens is 1. The van der Waals surface area contributed by atoms with Crippen molar-refractivity contribution in [2.75, 3.05) is 39.5 Å². The second-order valence-electron chi connectivity index (χ2n) is 9.24. The maximum Gasteiger partial charge on any atom is 0.227 e. The van der Waals surface area contributed by atoms with E-state index in [2.05, 4.69) is 4.90 Å². The topological polar surface area (TPSA) is 42.0 Å². The van der Waals surface area contributed by atoms with Crippen LogP contribution in [0.4, 0.5) is 4.39 Å². The average molecular weight is 455 g/mol. The zero-order valence-corrected chi connectivity index (χ0v) is 19.5. The molecule has 0 aromatic heterocycles. The van der Waals surface area contributed by atoms with E-state index in [1.165, 1.54) is 17.7 Å². The van der Waals surface area contributed by atoms with Gasteiger partial charge in [0.05, 0.1) is 32.3 Å². The van der Waals surface area contributed by atoms with Crippen LogP contribution in [0.5, 0.6) is 0 Å². The molecule has 178 valence electrons. The van der Waals surface area contributed by atoms with Crippen LogP contribution in [-0.2, 0) is 27.2 Å². The summed E-state index contributed by atoms with van der Waals surface area (Å²) in [5.74, 6) is -0.119. The normalized spacial score (nSPS) is 20.0. The van der Waals surface area contributed by atoms with Gasteiger partial charge in [-0.15, -0.1) is 0 Å². The standard InChI is InChI=1S/C27H35FN2O3/c1-21-2-4-22(5-3-21)18-27(31)30(19-23-6-8-24(28)9-7-23)25-10-13-29(14-11-25)15-12-26-20-32-16-17-33-26/h2-9,25-26H,10-20H2,1H3. The Morgan fingerprint density at radius 1 is 1.03 bits per heavy atom. The molecule has 2 saturated heterocycles. The molecule has 0 bridgehead atoms. The van der Waals surface area contributed by atoms with Crippen molar-refractivity contribution in [3.63, 3.8) is 0 Å². The SMILES string of the molecule is Cc1ccc(CC(=O)N(Cc2ccc(F)cc2)C2CCN(CCC3COCCO3)CC2)cc1. The summed E-state index contributed by atoms with van der Waals surface area (Å²) in [6, 6.07) is 14.9. The second-order valence-corrected chi connectivity index (χ2v) is 9.24. The van der Waals surface area contributed by atoms with Gasteiger partial charge in [-0.05, 0) is 49.4 Å². The summed E-state index contributed by atoms with van der Waals surface area (Å²) in [5.41, 5.74) is 3.18. The predicted octanol–water partition coefficient (Wildman–Crippen LogP) is 3.98. The van der Waals surface area contributed by atoms with Crippen LogP contribution in [0.25, 0.3) is 0 Å². The Hall–Kier alpha value is -2.28. The minimum absolute atomic E-state index is 0.134. The van der Waals surface area contributed by atoms with Crippen LogP contribution in [0.1, 0.15) is 36.0 Å². The molecule has 0 spiro atoms. The first-order valence-electron chi connectivity index (χ1n) is 12.1. The highest BCUT2D eigenvalue weighted by atomic mass is 19.1. The number of nitrogens with zero attached hydrogens (tertiary/aromatic N) is 2. The number of hydrogen-bond donors (Lipinski definition) is 0. The van der Waals surface area contributed by atoms with Crippen molar-refractivity contribution in [2.24, 2.45) is 0 Å². The Bertz CT molecular complexity index is 873. The second kappa shape index (κ2) is 11.7. The lowest BCUT2D eigenvalue weighted by Gasteiger charge is -2.39. The third kappa shape index (κ3) is 7.10. The van der Waals surface area contributed by atoms with Gasteiger partial charge in [0, 0.05) is 32.2 Å². The number of aryl methyl sites for hydroxylation is 1. The lowest BCUT2D eigenvalue weighted by Crippen LogP contribution is -2.48. The molecule has 2 fully saturated rings. The number of ether oxygens (including phenoxy) is 2. The van der Waals surface area contributed by atoms with E-state index in [9.17, 15) is 9.18 Å². The minimum atomic E-state index is -0.253. The van der Waals surface area contributed by atoms with E-state index in [0.29, 0.717) is 32.8 Å². The Morgan fingerprint density at radius 3 is 2.39 bits per heavy atom. The molecule has 2 aliphatic rings. The minimum Gasteiger partial charge on any atom is -0.376 e. The Balaban J connectivity index is 1.36. The van der Waals surface area contributed by atoms with Crippen molar-refractivity contribution in [1.29, 1.82) is 0 Å². The van der Waals surface area contributed by atoms with Crippen molar-refractivity contribution < 1.29 is 18.7 Å². The highest BCUT2D eigenvalue weighted by molar-refractivity contribution is 5.79. The van der Waals surface area contributed by atoms with E-state index in [0.717, 1.165) is 50.0 Å². The summed E-state index contributed by atoms with van der Waals surface area (Å²) in [6.45, 7) is 7.57. The van der Waals surface area contributed by atoms with Gasteiger partial charge in [0.15, 0.2) is 0 Å². The molecule has 2 heterocycles. The van der Waals surface area contributed by atoms with Gasteiger partial charge >= 0.3 is 0 Å². The number of amides is 1. The molecule has 5 nitrogen and oxygen atoms in total. The number of hydrogen-bond acceptors (Lipinski definition) is 4. The Kier molecular flexibility index (Phi) is 8.48. The first kappa shape index (κ1) is 23.9. The van der Waals surface area contributed by atoms with E-state index >= 15 is 0 Å². The monoisotopic (exact) mass is 454 g/mol. The van der Waals surface area contributed by atoms with Gasteiger partial charge < -0.3 is 19.3 Å². The molecule has 0 radical (unpaired) electrons. The lowest BCUT2D eigenvalue weighted by atomic mass is 10.00. The molecule has 2 aliphatic heterocycles. The smallest absolute Gasteiger partial charge is 0.227 e. The summed E-state index contributed by atoms with van der Waals surface area (Å²) in [4.78, 5) is 17.9. The first-order chi connectivity index (χ1) is 16.1. The van der Waals surface area contributed by atoms with Crippen molar-refractivity contribution in [1.82, 2.24) is 9.80 Å². The van der Waals surface area contributed by atoms with Gasteiger partial charge in [0.2, 0.25) is 5.91 Å². The maximum absolute atomic E-state index is 13.4. The van der Waals surface area contributed by atoms with E-state index in [4.69, 9.17) is 9.47 Å². The zero-order valence-electron chi connectivity index (χ0n) is 19.5. The quantitative estimate of drug-likeness (QED) is 0.605. The molecule has 1 unspecified atom stereocenters. The number of rotatable bonds is 8. The van der Waals surface area contributed by atoms with Gasteiger partial charge in [-0.2, -0.15) is 0 Å². The molecular formula is C27H35FN2O3. The van der Waals surface area contributed by atoms with Gasteiger partial charge in [-0.3, -0.25) is 4.79 Å².